The summed E-state index contributed by atoms with van der Waals surface area (Å²) < 4.78 is 54.0. The molecule has 2 aromatic carbocycles. The van der Waals surface area contributed by atoms with Crippen LogP contribution in [0.5, 0.6) is 5.75 Å². The number of para-hydroxylation sites is 1. The van der Waals surface area contributed by atoms with Crippen molar-refractivity contribution in [2.75, 3.05) is 72.7 Å². The average Bonchev–Trinajstić information content (AvgIpc) is 3.04. The van der Waals surface area contributed by atoms with E-state index in [1.807, 2.05) is 60.7 Å². The fourth-order valence-corrected chi connectivity index (χ4v) is 4.38. The normalized spacial score (nSPS) is 21.8. The van der Waals surface area contributed by atoms with E-state index >= 15 is 0 Å². The molecule has 0 aliphatic carbocycles. The summed E-state index contributed by atoms with van der Waals surface area (Å²) in [5, 5.41) is 8.73. The van der Waals surface area contributed by atoms with E-state index < -0.39 is 30.7 Å². The van der Waals surface area contributed by atoms with Crippen molar-refractivity contribution >= 4 is 0 Å². The van der Waals surface area contributed by atoms with Crippen LogP contribution in [0.15, 0.2) is 86.0 Å². The van der Waals surface area contributed by atoms with Gasteiger partial charge in [-0.25, -0.2) is 0 Å². The second-order valence-electron chi connectivity index (χ2n) is 9.54. The minimum Gasteiger partial charge on any atom is -0.462 e. The summed E-state index contributed by atoms with van der Waals surface area (Å²) in [6, 6.07) is 19.4. The van der Waals surface area contributed by atoms with Gasteiger partial charge in [0.25, 0.3) is 0 Å². The van der Waals surface area contributed by atoms with Crippen LogP contribution in [-0.4, -0.2) is 108 Å². The van der Waals surface area contributed by atoms with Crippen LogP contribution in [0.3, 0.4) is 0 Å². The molecule has 1 aliphatic heterocycles. The van der Waals surface area contributed by atoms with Gasteiger partial charge in [0.1, 0.15) is 30.2 Å². The molecule has 1 fully saturated rings. The zero-order chi connectivity index (χ0) is 30.4. The highest BCUT2D eigenvalue weighted by Gasteiger charge is 2.49. The van der Waals surface area contributed by atoms with E-state index in [-0.39, 0.29) is 33.0 Å². The number of aliphatic hydroxyl groups excluding tert-OH is 1. The monoisotopic (exact) mass is 602 g/mol. The van der Waals surface area contributed by atoms with E-state index in [4.69, 9.17) is 47.7 Å². The Balaban J connectivity index is 1.65. The van der Waals surface area contributed by atoms with Crippen LogP contribution in [0.2, 0.25) is 0 Å². The molecule has 10 nitrogen and oxygen atoms in total. The Morgan fingerprint density at radius 3 is 1.86 bits per heavy atom. The number of aliphatic hydroxyl groups is 1. The van der Waals surface area contributed by atoms with Gasteiger partial charge in [0.05, 0.1) is 79.3 Å². The first-order valence-electron chi connectivity index (χ1n) is 14.7. The van der Waals surface area contributed by atoms with Crippen LogP contribution < -0.4 is 4.74 Å². The summed E-state index contributed by atoms with van der Waals surface area (Å²) >= 11 is 0. The molecule has 0 radical (unpaired) electrons. The van der Waals surface area contributed by atoms with Gasteiger partial charge in [0, 0.05) is 0 Å². The number of ether oxygens (including phenoxy) is 9. The van der Waals surface area contributed by atoms with Crippen LogP contribution >= 0.6 is 0 Å². The smallest absolute Gasteiger partial charge is 0.229 e. The van der Waals surface area contributed by atoms with Crippen molar-refractivity contribution in [1.29, 1.82) is 0 Å². The fourth-order valence-electron chi connectivity index (χ4n) is 4.38. The van der Waals surface area contributed by atoms with E-state index in [1.54, 1.807) is 12.2 Å². The van der Waals surface area contributed by atoms with Gasteiger partial charge < -0.3 is 47.7 Å². The van der Waals surface area contributed by atoms with Crippen molar-refractivity contribution < 1.29 is 47.7 Å². The highest BCUT2D eigenvalue weighted by Crippen LogP contribution is 2.30. The second-order valence-corrected chi connectivity index (χ2v) is 9.54. The SMILES string of the molecule is C=CCO[C@@H]1[C@@H](OCC=C)[C@H](Oc2ccccc2)O[C@H](COCc2ccccc2)[C@H]1OCCOCCOCCOCCO. The van der Waals surface area contributed by atoms with Gasteiger partial charge in [-0.15, -0.1) is 13.2 Å². The van der Waals surface area contributed by atoms with Gasteiger partial charge >= 0.3 is 0 Å². The maximum absolute atomic E-state index is 8.73. The predicted octanol–water partition coefficient (Wildman–Crippen LogP) is 3.58. The minimum atomic E-state index is -0.794. The van der Waals surface area contributed by atoms with Gasteiger partial charge in [0.2, 0.25) is 6.29 Å². The Morgan fingerprint density at radius 2 is 1.23 bits per heavy atom. The maximum atomic E-state index is 8.73. The minimum absolute atomic E-state index is 0.00350. The summed E-state index contributed by atoms with van der Waals surface area (Å²) in [6.07, 6.45) is 0.288. The van der Waals surface area contributed by atoms with Gasteiger partial charge in [-0.3, -0.25) is 0 Å². The van der Waals surface area contributed by atoms with Crippen molar-refractivity contribution in [1.82, 2.24) is 0 Å². The van der Waals surface area contributed by atoms with Gasteiger partial charge in [-0.05, 0) is 17.7 Å². The molecule has 238 valence electrons. The Bertz CT molecular complexity index is 976. The standard InChI is InChI=1S/C33H46O10/c1-3-16-39-31-30(41-24-23-37-22-21-36-20-19-35-18-15-34)29(26-38-25-27-11-7-5-8-12-27)43-33(32(31)40-17-4-2)42-28-13-9-6-10-14-28/h3-14,29-34H,1-2,15-26H2/t29-,30-,31+,32-,33-/m1/s1. The van der Waals surface area contributed by atoms with Crippen molar-refractivity contribution in [3.8, 4) is 5.75 Å². The quantitative estimate of drug-likeness (QED) is 0.142. The Hall–Kier alpha value is -2.64. The average molecular weight is 603 g/mol. The molecule has 1 heterocycles. The summed E-state index contributed by atoms with van der Waals surface area (Å²) in [5.74, 6) is 0.640. The van der Waals surface area contributed by atoms with Gasteiger partial charge in [0.15, 0.2) is 0 Å². The summed E-state index contributed by atoms with van der Waals surface area (Å²) in [6.45, 7) is 11.4. The Morgan fingerprint density at radius 1 is 0.651 bits per heavy atom. The maximum Gasteiger partial charge on any atom is 0.229 e. The van der Waals surface area contributed by atoms with E-state index in [0.29, 0.717) is 52.0 Å². The second kappa shape index (κ2) is 22.0. The highest BCUT2D eigenvalue weighted by atomic mass is 16.7. The van der Waals surface area contributed by atoms with Gasteiger partial charge in [-0.1, -0.05) is 60.7 Å². The third-order valence-electron chi connectivity index (χ3n) is 6.31. The first kappa shape index (κ1) is 34.8. The molecule has 43 heavy (non-hydrogen) atoms. The highest BCUT2D eigenvalue weighted by molar-refractivity contribution is 5.21. The largest absolute Gasteiger partial charge is 0.462 e. The van der Waals surface area contributed by atoms with Crippen LogP contribution in [0.1, 0.15) is 5.56 Å². The molecule has 0 spiro atoms. The van der Waals surface area contributed by atoms with Crippen molar-refractivity contribution in [3.05, 3.63) is 91.5 Å². The third-order valence-corrected chi connectivity index (χ3v) is 6.31. The van der Waals surface area contributed by atoms with E-state index in [0.717, 1.165) is 5.56 Å². The molecule has 0 unspecified atom stereocenters. The summed E-state index contributed by atoms with van der Waals surface area (Å²) in [7, 11) is 0. The lowest BCUT2D eigenvalue weighted by atomic mass is 9.98. The molecule has 3 rings (SSSR count). The van der Waals surface area contributed by atoms with E-state index in [9.17, 15) is 0 Å². The molecule has 5 atom stereocenters. The Kier molecular flexibility index (Phi) is 17.8. The lowest BCUT2D eigenvalue weighted by Gasteiger charge is -2.45. The molecule has 10 heteroatoms. The molecule has 2 aromatic rings. The number of hydrogen-bond donors (Lipinski definition) is 1. The van der Waals surface area contributed by atoms with Crippen LogP contribution in [0.4, 0.5) is 0 Å². The summed E-state index contributed by atoms with van der Waals surface area (Å²) in [4.78, 5) is 0. The first-order chi connectivity index (χ1) is 21.3. The van der Waals surface area contributed by atoms with Crippen LogP contribution in [0, 0.1) is 0 Å². The van der Waals surface area contributed by atoms with Crippen molar-refractivity contribution in [2.45, 2.75) is 37.3 Å². The van der Waals surface area contributed by atoms with Gasteiger partial charge in [-0.2, -0.15) is 0 Å². The molecule has 1 aliphatic rings. The molecule has 0 bridgehead atoms. The van der Waals surface area contributed by atoms with Crippen molar-refractivity contribution in [2.24, 2.45) is 0 Å². The zero-order valence-electron chi connectivity index (χ0n) is 24.8. The van der Waals surface area contributed by atoms with E-state index in [1.165, 1.54) is 0 Å². The van der Waals surface area contributed by atoms with Crippen LogP contribution in [0.25, 0.3) is 0 Å². The predicted molar refractivity (Wildman–Crippen MR) is 161 cm³/mol. The number of hydrogen-bond acceptors (Lipinski definition) is 10. The lowest BCUT2D eigenvalue weighted by molar-refractivity contribution is -0.302. The topological polar surface area (TPSA) is 103 Å². The molecule has 0 aromatic heterocycles. The van der Waals surface area contributed by atoms with E-state index in [2.05, 4.69) is 13.2 Å². The molecule has 0 saturated carbocycles. The third kappa shape index (κ3) is 13.3. The molecule has 0 amide bonds. The number of benzene rings is 2. The first-order valence-corrected chi connectivity index (χ1v) is 14.7. The lowest BCUT2D eigenvalue weighted by Crippen LogP contribution is -2.63. The Labute approximate surface area is 255 Å². The molecular weight excluding hydrogens is 556 g/mol. The number of rotatable bonds is 24. The van der Waals surface area contributed by atoms with Crippen LogP contribution in [-0.2, 0) is 44.5 Å². The zero-order valence-corrected chi connectivity index (χ0v) is 24.8. The fraction of sp³-hybridized carbons (Fsp3) is 0.515. The molecule has 1 saturated heterocycles. The van der Waals surface area contributed by atoms with Crippen molar-refractivity contribution in [3.63, 3.8) is 0 Å². The molecule has 1 N–H and O–H groups in total. The molecular formula is C33H46O10. The summed E-state index contributed by atoms with van der Waals surface area (Å²) in [5.41, 5.74) is 1.05.